The SMILES string of the molecule is NCc1ccc2c(c1)NC(=O)CC2. The minimum absolute atomic E-state index is 0.0988. The van der Waals surface area contributed by atoms with E-state index in [1.165, 1.54) is 5.56 Å². The predicted octanol–water partition coefficient (Wildman–Crippen LogP) is 1.03. The second-order valence-corrected chi connectivity index (χ2v) is 3.24. The van der Waals surface area contributed by atoms with Gasteiger partial charge in [0.05, 0.1) is 0 Å². The van der Waals surface area contributed by atoms with Gasteiger partial charge in [-0.15, -0.1) is 0 Å². The van der Waals surface area contributed by atoms with Crippen LogP contribution in [-0.2, 0) is 17.8 Å². The van der Waals surface area contributed by atoms with E-state index in [4.69, 9.17) is 5.73 Å². The number of aryl methyl sites for hydroxylation is 1. The Kier molecular flexibility index (Phi) is 2.02. The standard InChI is InChI=1S/C10H12N2O/c11-6-7-1-2-8-3-4-10(13)12-9(8)5-7/h1-2,5H,3-4,6,11H2,(H,12,13). The number of nitrogens with two attached hydrogens (primary N) is 1. The molecule has 1 aromatic rings. The van der Waals surface area contributed by atoms with Crippen LogP contribution in [-0.4, -0.2) is 5.91 Å². The number of carbonyl (C=O) groups excluding carboxylic acids is 1. The summed E-state index contributed by atoms with van der Waals surface area (Å²) >= 11 is 0. The number of anilines is 1. The fraction of sp³-hybridized carbons (Fsp3) is 0.300. The van der Waals surface area contributed by atoms with Gasteiger partial charge in [0, 0.05) is 18.7 Å². The van der Waals surface area contributed by atoms with E-state index in [1.54, 1.807) is 0 Å². The normalized spacial score (nSPS) is 15.0. The van der Waals surface area contributed by atoms with E-state index in [0.717, 1.165) is 17.7 Å². The van der Waals surface area contributed by atoms with Gasteiger partial charge in [-0.1, -0.05) is 12.1 Å². The molecule has 0 radical (unpaired) electrons. The largest absolute Gasteiger partial charge is 0.326 e. The number of amides is 1. The Labute approximate surface area is 76.9 Å². The van der Waals surface area contributed by atoms with Crippen molar-refractivity contribution in [2.45, 2.75) is 19.4 Å². The third-order valence-corrected chi connectivity index (χ3v) is 2.31. The highest BCUT2D eigenvalue weighted by atomic mass is 16.1. The molecule has 2 rings (SSSR count). The second kappa shape index (κ2) is 3.18. The van der Waals surface area contributed by atoms with Gasteiger partial charge in [0.15, 0.2) is 0 Å². The van der Waals surface area contributed by atoms with E-state index in [2.05, 4.69) is 5.32 Å². The zero-order chi connectivity index (χ0) is 9.26. The Morgan fingerprint density at radius 3 is 3.00 bits per heavy atom. The molecule has 0 saturated heterocycles. The molecule has 0 saturated carbocycles. The summed E-state index contributed by atoms with van der Waals surface area (Å²) < 4.78 is 0. The molecule has 1 aromatic carbocycles. The molecule has 1 aliphatic heterocycles. The van der Waals surface area contributed by atoms with Gasteiger partial charge in [0.1, 0.15) is 0 Å². The molecule has 3 heteroatoms. The van der Waals surface area contributed by atoms with E-state index in [9.17, 15) is 4.79 Å². The predicted molar refractivity (Wildman–Crippen MR) is 51.3 cm³/mol. The minimum atomic E-state index is 0.0988. The fourth-order valence-electron chi connectivity index (χ4n) is 1.55. The van der Waals surface area contributed by atoms with Crippen LogP contribution in [0.3, 0.4) is 0 Å². The number of carbonyl (C=O) groups is 1. The third kappa shape index (κ3) is 1.55. The van der Waals surface area contributed by atoms with Crippen LogP contribution in [0.15, 0.2) is 18.2 Å². The summed E-state index contributed by atoms with van der Waals surface area (Å²) in [6, 6.07) is 6.00. The molecular formula is C10H12N2O. The van der Waals surface area contributed by atoms with Crippen LogP contribution in [0.4, 0.5) is 5.69 Å². The first-order valence-corrected chi connectivity index (χ1v) is 4.41. The smallest absolute Gasteiger partial charge is 0.224 e. The van der Waals surface area contributed by atoms with E-state index >= 15 is 0 Å². The molecule has 1 amide bonds. The summed E-state index contributed by atoms with van der Waals surface area (Å²) in [5, 5.41) is 2.84. The van der Waals surface area contributed by atoms with Gasteiger partial charge in [0.2, 0.25) is 5.91 Å². The van der Waals surface area contributed by atoms with Gasteiger partial charge in [-0.05, 0) is 23.6 Å². The summed E-state index contributed by atoms with van der Waals surface area (Å²) in [5.41, 5.74) is 8.70. The van der Waals surface area contributed by atoms with Crippen molar-refractivity contribution >= 4 is 11.6 Å². The van der Waals surface area contributed by atoms with Gasteiger partial charge < -0.3 is 11.1 Å². The van der Waals surface area contributed by atoms with Crippen LogP contribution >= 0.6 is 0 Å². The van der Waals surface area contributed by atoms with Crippen molar-refractivity contribution in [2.24, 2.45) is 5.73 Å². The number of nitrogens with one attached hydrogen (secondary N) is 1. The summed E-state index contributed by atoms with van der Waals surface area (Å²) in [6.45, 7) is 0.517. The Balaban J connectivity index is 2.38. The molecule has 13 heavy (non-hydrogen) atoms. The topological polar surface area (TPSA) is 55.1 Å². The summed E-state index contributed by atoms with van der Waals surface area (Å²) in [7, 11) is 0. The molecule has 0 spiro atoms. The first-order chi connectivity index (χ1) is 6.29. The zero-order valence-electron chi connectivity index (χ0n) is 7.34. The number of hydrogen-bond donors (Lipinski definition) is 2. The summed E-state index contributed by atoms with van der Waals surface area (Å²) in [6.07, 6.45) is 1.43. The molecule has 0 atom stereocenters. The van der Waals surface area contributed by atoms with Gasteiger partial charge >= 0.3 is 0 Å². The Bertz CT molecular complexity index is 347. The van der Waals surface area contributed by atoms with Crippen LogP contribution in [0.5, 0.6) is 0 Å². The van der Waals surface area contributed by atoms with Crippen molar-refractivity contribution in [3.8, 4) is 0 Å². The van der Waals surface area contributed by atoms with Gasteiger partial charge in [-0.3, -0.25) is 4.79 Å². The van der Waals surface area contributed by atoms with Crippen molar-refractivity contribution in [1.82, 2.24) is 0 Å². The molecule has 1 aliphatic rings. The van der Waals surface area contributed by atoms with Crippen molar-refractivity contribution in [2.75, 3.05) is 5.32 Å². The zero-order valence-corrected chi connectivity index (χ0v) is 7.34. The minimum Gasteiger partial charge on any atom is -0.326 e. The number of fused-ring (bicyclic) bond motifs is 1. The highest BCUT2D eigenvalue weighted by Gasteiger charge is 2.13. The average Bonchev–Trinajstić information content (AvgIpc) is 2.16. The third-order valence-electron chi connectivity index (χ3n) is 2.31. The number of benzene rings is 1. The molecule has 68 valence electrons. The highest BCUT2D eigenvalue weighted by molar-refractivity contribution is 5.93. The Morgan fingerprint density at radius 2 is 2.23 bits per heavy atom. The van der Waals surface area contributed by atoms with Crippen LogP contribution in [0.25, 0.3) is 0 Å². The fourth-order valence-corrected chi connectivity index (χ4v) is 1.55. The molecule has 0 bridgehead atoms. The lowest BCUT2D eigenvalue weighted by Crippen LogP contribution is -2.19. The molecule has 0 aromatic heterocycles. The maximum atomic E-state index is 11.1. The molecule has 0 aliphatic carbocycles. The average molecular weight is 176 g/mol. The maximum Gasteiger partial charge on any atom is 0.224 e. The molecular weight excluding hydrogens is 164 g/mol. The van der Waals surface area contributed by atoms with Crippen LogP contribution < -0.4 is 11.1 Å². The van der Waals surface area contributed by atoms with E-state index in [0.29, 0.717) is 13.0 Å². The van der Waals surface area contributed by atoms with Crippen LogP contribution in [0.1, 0.15) is 17.5 Å². The summed E-state index contributed by atoms with van der Waals surface area (Å²) in [5.74, 6) is 0.0988. The monoisotopic (exact) mass is 176 g/mol. The van der Waals surface area contributed by atoms with Crippen molar-refractivity contribution in [3.05, 3.63) is 29.3 Å². The Hall–Kier alpha value is -1.35. The van der Waals surface area contributed by atoms with Crippen molar-refractivity contribution in [3.63, 3.8) is 0 Å². The molecule has 3 nitrogen and oxygen atoms in total. The van der Waals surface area contributed by atoms with Gasteiger partial charge in [0.25, 0.3) is 0 Å². The quantitative estimate of drug-likeness (QED) is 0.671. The van der Waals surface area contributed by atoms with Crippen molar-refractivity contribution < 1.29 is 4.79 Å². The molecule has 0 unspecified atom stereocenters. The second-order valence-electron chi connectivity index (χ2n) is 3.24. The lowest BCUT2D eigenvalue weighted by Gasteiger charge is -2.17. The van der Waals surface area contributed by atoms with E-state index in [1.807, 2.05) is 18.2 Å². The molecule has 0 fully saturated rings. The lowest BCUT2D eigenvalue weighted by atomic mass is 10.0. The highest BCUT2D eigenvalue weighted by Crippen LogP contribution is 2.23. The van der Waals surface area contributed by atoms with Gasteiger partial charge in [-0.25, -0.2) is 0 Å². The van der Waals surface area contributed by atoms with Crippen LogP contribution in [0.2, 0.25) is 0 Å². The molecule has 3 N–H and O–H groups in total. The first-order valence-electron chi connectivity index (χ1n) is 4.41. The summed E-state index contributed by atoms with van der Waals surface area (Å²) in [4.78, 5) is 11.1. The number of rotatable bonds is 1. The maximum absolute atomic E-state index is 11.1. The van der Waals surface area contributed by atoms with Crippen molar-refractivity contribution in [1.29, 1.82) is 0 Å². The van der Waals surface area contributed by atoms with Crippen LogP contribution in [0, 0.1) is 0 Å². The molecule has 1 heterocycles. The van der Waals surface area contributed by atoms with Gasteiger partial charge in [-0.2, -0.15) is 0 Å². The lowest BCUT2D eigenvalue weighted by molar-refractivity contribution is -0.116. The Morgan fingerprint density at radius 1 is 1.38 bits per heavy atom. The van der Waals surface area contributed by atoms with E-state index in [-0.39, 0.29) is 5.91 Å². The number of hydrogen-bond acceptors (Lipinski definition) is 2. The van der Waals surface area contributed by atoms with E-state index < -0.39 is 0 Å². The first kappa shape index (κ1) is 8.26.